The van der Waals surface area contributed by atoms with Gasteiger partial charge in [-0.15, -0.1) is 0 Å². The number of carbonyl (C=O) groups is 1. The SMILES string of the molecule is CCOC(=O)c1c(C(F)(F)F)cn(CC)c1-c1ccccc1. The minimum absolute atomic E-state index is 0.0155. The first-order chi connectivity index (χ1) is 10.4. The van der Waals surface area contributed by atoms with Gasteiger partial charge in [-0.25, -0.2) is 4.79 Å². The molecule has 1 aromatic heterocycles. The van der Waals surface area contributed by atoms with Crippen LogP contribution in [0.5, 0.6) is 0 Å². The predicted octanol–water partition coefficient (Wildman–Crippen LogP) is 4.37. The van der Waals surface area contributed by atoms with Crippen molar-refractivity contribution in [1.82, 2.24) is 4.57 Å². The minimum Gasteiger partial charge on any atom is -0.462 e. The van der Waals surface area contributed by atoms with Crippen molar-refractivity contribution in [3.8, 4) is 11.3 Å². The van der Waals surface area contributed by atoms with E-state index in [-0.39, 0.29) is 12.3 Å². The van der Waals surface area contributed by atoms with Gasteiger partial charge in [-0.3, -0.25) is 0 Å². The van der Waals surface area contributed by atoms with E-state index < -0.39 is 23.3 Å². The lowest BCUT2D eigenvalue weighted by molar-refractivity contribution is -0.138. The van der Waals surface area contributed by atoms with Gasteiger partial charge in [0.2, 0.25) is 0 Å². The highest BCUT2D eigenvalue weighted by Crippen LogP contribution is 2.38. The lowest BCUT2D eigenvalue weighted by Crippen LogP contribution is -2.13. The molecule has 0 atom stereocenters. The van der Waals surface area contributed by atoms with Crippen LogP contribution in [-0.2, 0) is 17.5 Å². The molecule has 6 heteroatoms. The van der Waals surface area contributed by atoms with Crippen LogP contribution in [0, 0.1) is 0 Å². The lowest BCUT2D eigenvalue weighted by Gasteiger charge is -2.11. The van der Waals surface area contributed by atoms with Gasteiger partial charge in [0, 0.05) is 12.7 Å². The smallest absolute Gasteiger partial charge is 0.418 e. The Bertz CT molecular complexity index is 660. The van der Waals surface area contributed by atoms with Crippen LogP contribution in [0.1, 0.15) is 29.8 Å². The highest BCUT2D eigenvalue weighted by molar-refractivity contribution is 5.98. The molecule has 1 aromatic carbocycles. The number of hydrogen-bond acceptors (Lipinski definition) is 2. The maximum absolute atomic E-state index is 13.3. The summed E-state index contributed by atoms with van der Waals surface area (Å²) in [5, 5.41) is 0. The number of ether oxygens (including phenoxy) is 1. The van der Waals surface area contributed by atoms with Crippen LogP contribution in [-0.4, -0.2) is 17.1 Å². The number of nitrogens with zero attached hydrogens (tertiary/aromatic N) is 1. The van der Waals surface area contributed by atoms with Gasteiger partial charge in [0.1, 0.15) is 0 Å². The van der Waals surface area contributed by atoms with Crippen LogP contribution >= 0.6 is 0 Å². The van der Waals surface area contributed by atoms with Gasteiger partial charge < -0.3 is 9.30 Å². The van der Waals surface area contributed by atoms with Crippen molar-refractivity contribution >= 4 is 5.97 Å². The number of halogens is 3. The Morgan fingerprint density at radius 1 is 1.18 bits per heavy atom. The third-order valence-electron chi connectivity index (χ3n) is 3.25. The zero-order valence-electron chi connectivity index (χ0n) is 12.3. The third-order valence-corrected chi connectivity index (χ3v) is 3.25. The Hall–Kier alpha value is -2.24. The maximum Gasteiger partial charge on any atom is 0.418 e. The molecule has 0 fully saturated rings. The van der Waals surface area contributed by atoms with E-state index in [1.807, 2.05) is 0 Å². The monoisotopic (exact) mass is 311 g/mol. The summed E-state index contributed by atoms with van der Waals surface area (Å²) in [5.41, 5.74) is -0.620. The molecule has 3 nitrogen and oxygen atoms in total. The van der Waals surface area contributed by atoms with E-state index in [2.05, 4.69) is 0 Å². The molecule has 0 spiro atoms. The number of aryl methyl sites for hydroxylation is 1. The maximum atomic E-state index is 13.3. The number of benzene rings is 1. The van der Waals surface area contributed by atoms with Gasteiger partial charge >= 0.3 is 12.1 Å². The molecule has 0 saturated heterocycles. The molecule has 0 aliphatic rings. The largest absolute Gasteiger partial charge is 0.462 e. The van der Waals surface area contributed by atoms with Gasteiger partial charge in [0.25, 0.3) is 0 Å². The second kappa shape index (κ2) is 6.25. The van der Waals surface area contributed by atoms with Gasteiger partial charge in [0.15, 0.2) is 0 Å². The summed E-state index contributed by atoms with van der Waals surface area (Å²) in [4.78, 5) is 12.1. The summed E-state index contributed by atoms with van der Waals surface area (Å²) in [6, 6.07) is 8.53. The molecule has 2 aromatic rings. The molecule has 0 saturated carbocycles. The Morgan fingerprint density at radius 2 is 1.82 bits per heavy atom. The van der Waals surface area contributed by atoms with E-state index in [0.29, 0.717) is 12.1 Å². The molecule has 0 amide bonds. The summed E-state index contributed by atoms with van der Waals surface area (Å²) >= 11 is 0. The van der Waals surface area contributed by atoms with E-state index in [0.717, 1.165) is 6.20 Å². The zero-order valence-corrected chi connectivity index (χ0v) is 12.3. The molecule has 0 aliphatic carbocycles. The third kappa shape index (κ3) is 3.00. The molecule has 22 heavy (non-hydrogen) atoms. The van der Waals surface area contributed by atoms with E-state index in [1.54, 1.807) is 44.2 Å². The van der Waals surface area contributed by atoms with Crippen LogP contribution in [0.4, 0.5) is 13.2 Å². The van der Waals surface area contributed by atoms with Crippen LogP contribution in [0.15, 0.2) is 36.5 Å². The summed E-state index contributed by atoms with van der Waals surface area (Å²) in [6.07, 6.45) is -3.65. The molecule has 0 N–H and O–H groups in total. The molecule has 2 rings (SSSR count). The summed E-state index contributed by atoms with van der Waals surface area (Å²) in [5.74, 6) is -0.958. The van der Waals surface area contributed by atoms with Crippen molar-refractivity contribution in [2.24, 2.45) is 0 Å². The lowest BCUT2D eigenvalue weighted by atomic mass is 10.0. The van der Waals surface area contributed by atoms with Crippen LogP contribution in [0.3, 0.4) is 0 Å². The average Bonchev–Trinajstić information content (AvgIpc) is 2.88. The van der Waals surface area contributed by atoms with E-state index in [4.69, 9.17) is 4.74 Å². The standard InChI is InChI=1S/C16H16F3NO2/c1-3-20-10-12(16(17,18)19)13(15(21)22-4-2)14(20)11-8-6-5-7-9-11/h5-10H,3-4H2,1-2H3. The number of aromatic nitrogens is 1. The Balaban J connectivity index is 2.74. The van der Waals surface area contributed by atoms with Crippen LogP contribution in [0.2, 0.25) is 0 Å². The molecule has 0 unspecified atom stereocenters. The fraction of sp³-hybridized carbons (Fsp3) is 0.312. The van der Waals surface area contributed by atoms with E-state index in [9.17, 15) is 18.0 Å². The predicted molar refractivity (Wildman–Crippen MR) is 76.5 cm³/mol. The normalized spacial score (nSPS) is 11.5. The average molecular weight is 311 g/mol. The van der Waals surface area contributed by atoms with Crippen molar-refractivity contribution in [3.05, 3.63) is 47.7 Å². The molecule has 0 radical (unpaired) electrons. The van der Waals surface area contributed by atoms with Crippen molar-refractivity contribution in [3.63, 3.8) is 0 Å². The Morgan fingerprint density at radius 3 is 2.32 bits per heavy atom. The van der Waals surface area contributed by atoms with Crippen molar-refractivity contribution < 1.29 is 22.7 Å². The molecule has 1 heterocycles. The number of rotatable bonds is 4. The van der Waals surface area contributed by atoms with Crippen molar-refractivity contribution in [2.45, 2.75) is 26.6 Å². The molecular weight excluding hydrogens is 295 g/mol. The summed E-state index contributed by atoms with van der Waals surface area (Å²) < 4.78 is 46.1. The van der Waals surface area contributed by atoms with Gasteiger partial charge in [0.05, 0.1) is 23.4 Å². The quantitative estimate of drug-likeness (QED) is 0.785. The minimum atomic E-state index is -4.62. The second-order valence-corrected chi connectivity index (χ2v) is 4.64. The number of alkyl halides is 3. The topological polar surface area (TPSA) is 31.2 Å². The van der Waals surface area contributed by atoms with Crippen LogP contribution in [0.25, 0.3) is 11.3 Å². The number of carbonyl (C=O) groups excluding carboxylic acids is 1. The molecular formula is C16H16F3NO2. The Kier molecular flexibility index (Phi) is 4.59. The highest BCUT2D eigenvalue weighted by atomic mass is 19.4. The first kappa shape index (κ1) is 16.1. The first-order valence-electron chi connectivity index (χ1n) is 6.93. The number of hydrogen-bond donors (Lipinski definition) is 0. The first-order valence-corrected chi connectivity index (χ1v) is 6.93. The van der Waals surface area contributed by atoms with Gasteiger partial charge in [-0.05, 0) is 19.4 Å². The van der Waals surface area contributed by atoms with Crippen molar-refractivity contribution in [1.29, 1.82) is 0 Å². The van der Waals surface area contributed by atoms with E-state index >= 15 is 0 Å². The fourth-order valence-electron chi connectivity index (χ4n) is 2.34. The van der Waals surface area contributed by atoms with E-state index in [1.165, 1.54) is 4.57 Å². The second-order valence-electron chi connectivity index (χ2n) is 4.64. The Labute approximate surface area is 126 Å². The van der Waals surface area contributed by atoms with Crippen molar-refractivity contribution in [2.75, 3.05) is 6.61 Å². The van der Waals surface area contributed by atoms with Gasteiger partial charge in [-0.1, -0.05) is 30.3 Å². The molecule has 0 bridgehead atoms. The zero-order chi connectivity index (χ0) is 16.3. The number of esters is 1. The highest BCUT2D eigenvalue weighted by Gasteiger charge is 2.40. The fourth-order valence-corrected chi connectivity index (χ4v) is 2.34. The summed E-state index contributed by atoms with van der Waals surface area (Å²) in [7, 11) is 0. The van der Waals surface area contributed by atoms with Gasteiger partial charge in [-0.2, -0.15) is 13.2 Å². The summed E-state index contributed by atoms with van der Waals surface area (Å²) in [6.45, 7) is 3.61. The molecule has 0 aliphatic heterocycles. The molecule has 118 valence electrons. The van der Waals surface area contributed by atoms with Crippen LogP contribution < -0.4 is 0 Å².